The summed E-state index contributed by atoms with van der Waals surface area (Å²) in [7, 11) is 0. The van der Waals surface area contributed by atoms with E-state index in [1.54, 1.807) is 19.2 Å². The molecule has 41 heavy (non-hydrogen) atoms. The molecule has 4 heterocycles. The molecule has 1 aliphatic heterocycles. The molecule has 208 valence electrons. The van der Waals surface area contributed by atoms with Crippen LogP contribution >= 0.6 is 0 Å². The van der Waals surface area contributed by atoms with E-state index in [0.29, 0.717) is 60.8 Å². The molecule has 7 rings (SSSR count). The molecule has 1 saturated heterocycles. The Morgan fingerprint density at radius 2 is 1.73 bits per heavy atom. The van der Waals surface area contributed by atoms with Crippen LogP contribution in [0.1, 0.15) is 49.1 Å². The lowest BCUT2D eigenvalue weighted by atomic mass is 10.0. The van der Waals surface area contributed by atoms with E-state index in [2.05, 4.69) is 14.9 Å². The number of fused-ring (bicyclic) bond motifs is 2. The fourth-order valence-electron chi connectivity index (χ4n) is 6.01. The first kappa shape index (κ1) is 25.5. The smallest absolute Gasteiger partial charge is 0.229 e. The second-order valence-corrected chi connectivity index (χ2v) is 10.8. The Bertz CT molecular complexity index is 1810. The van der Waals surface area contributed by atoms with Crippen LogP contribution in [0.4, 0.5) is 17.5 Å². The highest BCUT2D eigenvalue weighted by molar-refractivity contribution is 5.98. The normalized spacial score (nSPS) is 16.1. The number of carbonyl (C=O) groups excluding carboxylic acids is 1. The van der Waals surface area contributed by atoms with Crippen LogP contribution in [0.15, 0.2) is 70.0 Å². The first-order chi connectivity index (χ1) is 20.0. The van der Waals surface area contributed by atoms with E-state index in [4.69, 9.17) is 14.1 Å². The molecule has 2 aromatic carbocycles. The third-order valence-electron chi connectivity index (χ3n) is 8.14. The molecule has 2 aliphatic rings. The van der Waals surface area contributed by atoms with Crippen molar-refractivity contribution in [2.45, 2.75) is 38.6 Å². The van der Waals surface area contributed by atoms with Gasteiger partial charge in [0.25, 0.3) is 0 Å². The fourth-order valence-corrected chi connectivity index (χ4v) is 6.01. The molecule has 1 N–H and O–H groups in total. The fraction of sp³-hybridized carbons (Fsp3) is 0.312. The second kappa shape index (κ2) is 10.5. The van der Waals surface area contributed by atoms with Gasteiger partial charge in [0.15, 0.2) is 17.1 Å². The Morgan fingerprint density at radius 3 is 2.49 bits per heavy atom. The maximum Gasteiger partial charge on any atom is 0.229 e. The molecular formula is C32H31N5O4. The van der Waals surface area contributed by atoms with E-state index < -0.39 is 0 Å². The summed E-state index contributed by atoms with van der Waals surface area (Å²) >= 11 is 0. The van der Waals surface area contributed by atoms with Crippen LogP contribution in [0.25, 0.3) is 33.1 Å². The van der Waals surface area contributed by atoms with Gasteiger partial charge in [-0.2, -0.15) is 4.98 Å². The molecule has 9 heteroatoms. The van der Waals surface area contributed by atoms with Crippen LogP contribution < -0.4 is 15.6 Å². The lowest BCUT2D eigenvalue weighted by Crippen LogP contribution is -2.36. The van der Waals surface area contributed by atoms with Crippen molar-refractivity contribution in [1.29, 1.82) is 0 Å². The van der Waals surface area contributed by atoms with Crippen molar-refractivity contribution in [1.82, 2.24) is 14.5 Å². The quantitative estimate of drug-likeness (QED) is 0.253. The minimum absolute atomic E-state index is 0.0466. The van der Waals surface area contributed by atoms with E-state index in [-0.39, 0.29) is 11.2 Å². The first-order valence-corrected chi connectivity index (χ1v) is 14.2. The summed E-state index contributed by atoms with van der Waals surface area (Å²) < 4.78 is 13.7. The molecule has 0 spiro atoms. The van der Waals surface area contributed by atoms with Crippen LogP contribution in [-0.4, -0.2) is 46.6 Å². The summed E-state index contributed by atoms with van der Waals surface area (Å²) in [5.41, 5.74) is 4.81. The summed E-state index contributed by atoms with van der Waals surface area (Å²) in [6, 6.07) is 17.4. The third kappa shape index (κ3) is 4.86. The van der Waals surface area contributed by atoms with Gasteiger partial charge in [-0.25, -0.2) is 4.98 Å². The van der Waals surface area contributed by atoms with E-state index in [1.165, 1.54) is 12.8 Å². The minimum Gasteiger partial charge on any atom is -0.440 e. The largest absolute Gasteiger partial charge is 0.440 e. The predicted molar refractivity (Wildman–Crippen MR) is 159 cm³/mol. The zero-order valence-corrected chi connectivity index (χ0v) is 22.9. The molecule has 1 saturated carbocycles. The number of carbonyl (C=O) groups is 1. The topological polar surface area (TPSA) is 102 Å². The van der Waals surface area contributed by atoms with Gasteiger partial charge in [-0.3, -0.25) is 9.59 Å². The molecule has 1 aliphatic carbocycles. The Balaban J connectivity index is 1.15. The van der Waals surface area contributed by atoms with Crippen molar-refractivity contribution in [2.24, 2.45) is 0 Å². The molecule has 5 aromatic rings. The number of Topliss-reactive ketones (excluding diaryl/α,β-unsaturated/α-hetero) is 1. The Kier molecular flexibility index (Phi) is 6.51. The van der Waals surface area contributed by atoms with Gasteiger partial charge in [-0.1, -0.05) is 31.0 Å². The Morgan fingerprint density at radius 1 is 0.976 bits per heavy atom. The summed E-state index contributed by atoms with van der Waals surface area (Å²) in [6.07, 6.45) is 6.24. The van der Waals surface area contributed by atoms with Crippen LogP contribution in [0.2, 0.25) is 0 Å². The highest BCUT2D eigenvalue weighted by Crippen LogP contribution is 2.35. The second-order valence-electron chi connectivity index (χ2n) is 10.8. The third-order valence-corrected chi connectivity index (χ3v) is 8.14. The van der Waals surface area contributed by atoms with E-state index in [1.807, 2.05) is 53.4 Å². The van der Waals surface area contributed by atoms with Gasteiger partial charge in [0.2, 0.25) is 5.95 Å². The zero-order chi connectivity index (χ0) is 27.9. The lowest BCUT2D eigenvalue weighted by molar-refractivity contribution is 0.100. The van der Waals surface area contributed by atoms with Crippen LogP contribution in [0.5, 0.6) is 0 Å². The SMILES string of the molecule is CC(=O)c1cc2cnc(Nc3ccc(-c4ccc5c(=O)cc(N6CCOCC6)oc5c4)cc3)nc2n1C1CCCC1. The molecule has 0 atom stereocenters. The highest BCUT2D eigenvalue weighted by Gasteiger charge is 2.24. The monoisotopic (exact) mass is 549 g/mol. The average molecular weight is 550 g/mol. The summed E-state index contributed by atoms with van der Waals surface area (Å²) in [5.74, 6) is 1.11. The van der Waals surface area contributed by atoms with Crippen LogP contribution in [0.3, 0.4) is 0 Å². The minimum atomic E-state index is -0.0506. The van der Waals surface area contributed by atoms with Gasteiger partial charge in [-0.15, -0.1) is 0 Å². The lowest BCUT2D eigenvalue weighted by Gasteiger charge is -2.27. The van der Waals surface area contributed by atoms with E-state index >= 15 is 0 Å². The number of hydrogen-bond donors (Lipinski definition) is 1. The molecule has 0 radical (unpaired) electrons. The van der Waals surface area contributed by atoms with Gasteiger partial charge in [0, 0.05) is 49.4 Å². The number of ketones is 1. The summed E-state index contributed by atoms with van der Waals surface area (Å²) in [5, 5.41) is 4.76. The van der Waals surface area contributed by atoms with Gasteiger partial charge < -0.3 is 23.9 Å². The van der Waals surface area contributed by atoms with Crippen molar-refractivity contribution in [2.75, 3.05) is 36.5 Å². The van der Waals surface area contributed by atoms with Crippen LogP contribution in [-0.2, 0) is 4.74 Å². The van der Waals surface area contributed by atoms with Crippen molar-refractivity contribution < 1.29 is 13.9 Å². The van der Waals surface area contributed by atoms with Gasteiger partial charge in [-0.05, 0) is 54.3 Å². The average Bonchev–Trinajstić information content (AvgIpc) is 3.66. The van der Waals surface area contributed by atoms with Crippen molar-refractivity contribution in [3.05, 3.63) is 76.7 Å². The van der Waals surface area contributed by atoms with Crippen molar-refractivity contribution >= 4 is 45.3 Å². The molecule has 3 aromatic heterocycles. The standard InChI is InChI=1S/C32H31N5O4/c1-20(38)27-16-23-19-33-32(35-31(23)37(27)25-4-2-3-5-25)34-24-9-6-21(7-10-24)22-8-11-26-28(39)18-30(41-29(26)17-22)36-12-14-40-15-13-36/h6-11,16-19,25H,2-5,12-15H2,1H3,(H,33,34,35). The molecular weight excluding hydrogens is 518 g/mol. The van der Waals surface area contributed by atoms with Crippen LogP contribution in [0, 0.1) is 0 Å². The Labute approximate surface area is 236 Å². The number of aromatic nitrogens is 3. The van der Waals surface area contributed by atoms with Gasteiger partial charge in [0.1, 0.15) is 11.2 Å². The number of ether oxygens (including phenoxy) is 1. The zero-order valence-electron chi connectivity index (χ0n) is 22.9. The summed E-state index contributed by atoms with van der Waals surface area (Å²) in [4.78, 5) is 36.5. The number of rotatable bonds is 6. The number of anilines is 3. The van der Waals surface area contributed by atoms with Crippen molar-refractivity contribution in [3.63, 3.8) is 0 Å². The van der Waals surface area contributed by atoms with Gasteiger partial charge >= 0.3 is 0 Å². The van der Waals surface area contributed by atoms with Crippen molar-refractivity contribution in [3.8, 4) is 11.1 Å². The first-order valence-electron chi connectivity index (χ1n) is 14.2. The molecule has 2 fully saturated rings. The molecule has 0 bridgehead atoms. The number of nitrogens with one attached hydrogen (secondary N) is 1. The number of nitrogens with zero attached hydrogens (tertiary/aromatic N) is 4. The predicted octanol–water partition coefficient (Wildman–Crippen LogP) is 6.10. The number of morpholine rings is 1. The maximum absolute atomic E-state index is 12.8. The maximum atomic E-state index is 12.8. The molecule has 9 nitrogen and oxygen atoms in total. The molecule has 0 unspecified atom stereocenters. The summed E-state index contributed by atoms with van der Waals surface area (Å²) in [6.45, 7) is 4.24. The highest BCUT2D eigenvalue weighted by atomic mass is 16.5. The number of hydrogen-bond acceptors (Lipinski definition) is 8. The molecule has 0 amide bonds. The van der Waals surface area contributed by atoms with E-state index in [9.17, 15) is 9.59 Å². The number of benzene rings is 2. The Hall–Kier alpha value is -4.50. The van der Waals surface area contributed by atoms with Gasteiger partial charge in [0.05, 0.1) is 24.3 Å². The van der Waals surface area contributed by atoms with E-state index in [0.717, 1.165) is 40.7 Å².